The monoisotopic (exact) mass is 208 g/mol. The smallest absolute Gasteiger partial charge is 0.0833 e. The standard InChI is InChI=1S/C13H20O2/c1-5-2-6-3-7(5)11-9-4-8(10(6)11)12(14)13(9)15/h5-15H,2-4H2,1H3. The van der Waals surface area contributed by atoms with Crippen LogP contribution in [0.25, 0.3) is 0 Å². The van der Waals surface area contributed by atoms with Gasteiger partial charge < -0.3 is 10.2 Å². The van der Waals surface area contributed by atoms with Crippen LogP contribution in [0.3, 0.4) is 0 Å². The van der Waals surface area contributed by atoms with Crippen molar-refractivity contribution in [3.8, 4) is 0 Å². The fourth-order valence-corrected chi connectivity index (χ4v) is 5.89. The van der Waals surface area contributed by atoms with Crippen LogP contribution in [0, 0.1) is 41.4 Å². The average Bonchev–Trinajstić information content (AvgIpc) is 2.86. The minimum Gasteiger partial charge on any atom is -0.390 e. The molecule has 4 fully saturated rings. The van der Waals surface area contributed by atoms with Gasteiger partial charge in [0.25, 0.3) is 0 Å². The van der Waals surface area contributed by atoms with Gasteiger partial charge >= 0.3 is 0 Å². The molecule has 0 saturated heterocycles. The van der Waals surface area contributed by atoms with Crippen molar-refractivity contribution in [2.45, 2.75) is 38.4 Å². The molecule has 4 bridgehead atoms. The molecule has 4 saturated carbocycles. The Labute approximate surface area is 90.7 Å². The van der Waals surface area contributed by atoms with Gasteiger partial charge in [0, 0.05) is 0 Å². The highest BCUT2D eigenvalue weighted by Crippen LogP contribution is 2.68. The summed E-state index contributed by atoms with van der Waals surface area (Å²) in [5, 5.41) is 20.0. The van der Waals surface area contributed by atoms with Gasteiger partial charge in [-0.15, -0.1) is 0 Å². The summed E-state index contributed by atoms with van der Waals surface area (Å²) in [6.07, 6.45) is 3.09. The molecule has 0 aromatic carbocycles. The highest BCUT2D eigenvalue weighted by atomic mass is 16.3. The average molecular weight is 208 g/mol. The molecule has 2 nitrogen and oxygen atoms in total. The lowest BCUT2D eigenvalue weighted by atomic mass is 9.66. The van der Waals surface area contributed by atoms with E-state index < -0.39 is 12.2 Å². The summed E-state index contributed by atoms with van der Waals surface area (Å²) >= 11 is 0. The second-order valence-electron chi connectivity index (χ2n) is 6.57. The third kappa shape index (κ3) is 0.861. The quantitative estimate of drug-likeness (QED) is 0.588. The van der Waals surface area contributed by atoms with Crippen LogP contribution in [0.5, 0.6) is 0 Å². The van der Waals surface area contributed by atoms with Crippen molar-refractivity contribution >= 4 is 0 Å². The fourth-order valence-electron chi connectivity index (χ4n) is 5.89. The number of rotatable bonds is 0. The van der Waals surface area contributed by atoms with E-state index in [4.69, 9.17) is 0 Å². The molecule has 15 heavy (non-hydrogen) atoms. The molecule has 0 heterocycles. The number of hydrogen-bond donors (Lipinski definition) is 2. The summed E-state index contributed by atoms with van der Waals surface area (Å²) < 4.78 is 0. The zero-order valence-electron chi connectivity index (χ0n) is 9.21. The second-order valence-corrected chi connectivity index (χ2v) is 6.57. The summed E-state index contributed by atoms with van der Waals surface area (Å²) in [6, 6.07) is 0. The van der Waals surface area contributed by atoms with Crippen LogP contribution in [0.4, 0.5) is 0 Å². The number of aliphatic hydroxyl groups is 2. The van der Waals surface area contributed by atoms with E-state index in [9.17, 15) is 10.2 Å². The first-order valence-electron chi connectivity index (χ1n) is 6.54. The van der Waals surface area contributed by atoms with Gasteiger partial charge in [-0.05, 0) is 60.7 Å². The topological polar surface area (TPSA) is 40.5 Å². The SMILES string of the molecule is CC1CC2CC1C1C3CC(C(O)C3O)C21. The summed E-state index contributed by atoms with van der Waals surface area (Å²) in [4.78, 5) is 0. The summed E-state index contributed by atoms with van der Waals surface area (Å²) in [5.74, 6) is 5.05. The van der Waals surface area contributed by atoms with Crippen LogP contribution in [-0.2, 0) is 0 Å². The molecule has 0 aromatic heterocycles. The van der Waals surface area contributed by atoms with E-state index in [0.29, 0.717) is 11.8 Å². The van der Waals surface area contributed by atoms with Gasteiger partial charge in [-0.3, -0.25) is 0 Å². The lowest BCUT2D eigenvalue weighted by Crippen LogP contribution is -2.45. The third-order valence-electron chi connectivity index (χ3n) is 6.22. The molecule has 9 unspecified atom stereocenters. The molecule has 4 aliphatic rings. The van der Waals surface area contributed by atoms with Crippen molar-refractivity contribution in [1.29, 1.82) is 0 Å². The highest BCUT2D eigenvalue weighted by molar-refractivity contribution is 5.15. The molecule has 2 heteroatoms. The van der Waals surface area contributed by atoms with E-state index >= 15 is 0 Å². The zero-order valence-corrected chi connectivity index (χ0v) is 9.21. The van der Waals surface area contributed by atoms with Crippen LogP contribution in [0.1, 0.15) is 26.2 Å². The number of aliphatic hydroxyl groups excluding tert-OH is 2. The molecule has 0 amide bonds. The molecule has 0 aromatic rings. The van der Waals surface area contributed by atoms with Crippen LogP contribution in [0.15, 0.2) is 0 Å². The van der Waals surface area contributed by atoms with E-state index in [0.717, 1.165) is 36.0 Å². The Morgan fingerprint density at radius 1 is 0.800 bits per heavy atom. The van der Waals surface area contributed by atoms with Crippen LogP contribution in [0.2, 0.25) is 0 Å². The summed E-state index contributed by atoms with van der Waals surface area (Å²) in [7, 11) is 0. The summed E-state index contributed by atoms with van der Waals surface area (Å²) in [6.45, 7) is 2.38. The van der Waals surface area contributed by atoms with E-state index in [2.05, 4.69) is 6.92 Å². The van der Waals surface area contributed by atoms with Crippen molar-refractivity contribution in [2.75, 3.05) is 0 Å². The molecule has 84 valence electrons. The molecule has 0 aliphatic heterocycles. The Balaban J connectivity index is 1.73. The Hall–Kier alpha value is -0.0800. The third-order valence-corrected chi connectivity index (χ3v) is 6.22. The fraction of sp³-hybridized carbons (Fsp3) is 1.00. The van der Waals surface area contributed by atoms with Crippen LogP contribution in [-0.4, -0.2) is 22.4 Å². The molecular weight excluding hydrogens is 188 g/mol. The van der Waals surface area contributed by atoms with E-state index in [-0.39, 0.29) is 0 Å². The Bertz CT molecular complexity index is 303. The van der Waals surface area contributed by atoms with Gasteiger partial charge in [-0.2, -0.15) is 0 Å². The molecule has 0 spiro atoms. The number of fused-ring (bicyclic) bond motifs is 9. The first kappa shape index (κ1) is 9.00. The molecular formula is C13H20O2. The van der Waals surface area contributed by atoms with Crippen LogP contribution >= 0.6 is 0 Å². The first-order chi connectivity index (χ1) is 7.18. The van der Waals surface area contributed by atoms with Crippen molar-refractivity contribution in [3.63, 3.8) is 0 Å². The lowest BCUT2D eigenvalue weighted by molar-refractivity contribution is -0.0739. The first-order valence-corrected chi connectivity index (χ1v) is 6.54. The van der Waals surface area contributed by atoms with E-state index in [1.807, 2.05) is 0 Å². The predicted octanol–water partition coefficient (Wildman–Crippen LogP) is 1.27. The lowest BCUT2D eigenvalue weighted by Gasteiger charge is -2.41. The second kappa shape index (κ2) is 2.60. The zero-order chi connectivity index (χ0) is 10.3. The van der Waals surface area contributed by atoms with Crippen molar-refractivity contribution in [3.05, 3.63) is 0 Å². The van der Waals surface area contributed by atoms with Gasteiger partial charge in [-0.1, -0.05) is 6.92 Å². The van der Waals surface area contributed by atoms with Gasteiger partial charge in [-0.25, -0.2) is 0 Å². The highest BCUT2D eigenvalue weighted by Gasteiger charge is 2.66. The van der Waals surface area contributed by atoms with Gasteiger partial charge in [0.1, 0.15) is 0 Å². The Morgan fingerprint density at radius 2 is 1.47 bits per heavy atom. The minimum atomic E-state index is -0.400. The molecule has 0 radical (unpaired) electrons. The Kier molecular flexibility index (Phi) is 1.56. The minimum absolute atomic E-state index is 0.397. The van der Waals surface area contributed by atoms with Gasteiger partial charge in [0.05, 0.1) is 12.2 Å². The number of hydrogen-bond acceptors (Lipinski definition) is 2. The maximum Gasteiger partial charge on any atom is 0.0833 e. The van der Waals surface area contributed by atoms with Gasteiger partial charge in [0.15, 0.2) is 0 Å². The van der Waals surface area contributed by atoms with Crippen molar-refractivity contribution in [2.24, 2.45) is 41.4 Å². The molecule has 2 N–H and O–H groups in total. The normalized spacial score (nSPS) is 70.2. The largest absolute Gasteiger partial charge is 0.390 e. The van der Waals surface area contributed by atoms with Gasteiger partial charge in [0.2, 0.25) is 0 Å². The van der Waals surface area contributed by atoms with Crippen molar-refractivity contribution < 1.29 is 10.2 Å². The van der Waals surface area contributed by atoms with Crippen LogP contribution < -0.4 is 0 Å². The summed E-state index contributed by atoms with van der Waals surface area (Å²) in [5.41, 5.74) is 0. The maximum absolute atomic E-state index is 10.00. The maximum atomic E-state index is 10.00. The van der Waals surface area contributed by atoms with Crippen molar-refractivity contribution in [1.82, 2.24) is 0 Å². The molecule has 4 aliphatic carbocycles. The van der Waals surface area contributed by atoms with E-state index in [1.165, 1.54) is 12.8 Å². The molecule has 4 rings (SSSR count). The molecule has 9 atom stereocenters. The van der Waals surface area contributed by atoms with E-state index in [1.54, 1.807) is 0 Å². The Morgan fingerprint density at radius 3 is 2.20 bits per heavy atom. The predicted molar refractivity (Wildman–Crippen MR) is 56.0 cm³/mol.